The summed E-state index contributed by atoms with van der Waals surface area (Å²) in [5.74, 6) is 5.21. The Balaban J connectivity index is 1.72. The Labute approximate surface area is 110 Å². The van der Waals surface area contributed by atoms with Gasteiger partial charge in [-0.15, -0.1) is 0 Å². The Morgan fingerprint density at radius 1 is 1.32 bits per heavy atom. The molecule has 1 aliphatic carbocycles. The molecule has 2 amide bonds. The van der Waals surface area contributed by atoms with Crippen LogP contribution in [0.2, 0.25) is 0 Å². The van der Waals surface area contributed by atoms with Gasteiger partial charge in [0.1, 0.15) is 5.69 Å². The van der Waals surface area contributed by atoms with Gasteiger partial charge in [-0.1, -0.05) is 0 Å². The number of hydrazine groups is 1. The lowest BCUT2D eigenvalue weighted by Crippen LogP contribution is -2.35. The van der Waals surface area contributed by atoms with E-state index >= 15 is 0 Å². The molecule has 0 spiro atoms. The molecule has 0 radical (unpaired) electrons. The van der Waals surface area contributed by atoms with Crippen LogP contribution in [0.5, 0.6) is 0 Å². The van der Waals surface area contributed by atoms with Gasteiger partial charge >= 0.3 is 0 Å². The molecule has 0 aliphatic heterocycles. The van der Waals surface area contributed by atoms with Crippen molar-refractivity contribution in [3.05, 3.63) is 24.0 Å². The number of anilines is 1. The second kappa shape index (κ2) is 6.14. The van der Waals surface area contributed by atoms with E-state index in [0.29, 0.717) is 18.8 Å². The van der Waals surface area contributed by atoms with Gasteiger partial charge in [0.05, 0.1) is 5.69 Å². The quantitative estimate of drug-likeness (QED) is 0.318. The Kier molecular flexibility index (Phi) is 4.30. The monoisotopic (exact) mass is 263 g/mol. The zero-order valence-electron chi connectivity index (χ0n) is 10.5. The van der Waals surface area contributed by atoms with Crippen LogP contribution >= 0.6 is 0 Å². The van der Waals surface area contributed by atoms with Crippen molar-refractivity contribution in [1.29, 1.82) is 0 Å². The Morgan fingerprint density at radius 2 is 2.05 bits per heavy atom. The minimum Gasteiger partial charge on any atom is -0.354 e. The van der Waals surface area contributed by atoms with Gasteiger partial charge in [-0.3, -0.25) is 20.4 Å². The Morgan fingerprint density at radius 3 is 2.74 bits per heavy atom. The first-order valence-electron chi connectivity index (χ1n) is 6.19. The van der Waals surface area contributed by atoms with Crippen LogP contribution in [0, 0.1) is 5.92 Å². The highest BCUT2D eigenvalue weighted by atomic mass is 16.2. The van der Waals surface area contributed by atoms with Crippen LogP contribution in [0.4, 0.5) is 5.69 Å². The number of carbonyl (C=O) groups is 2. The molecule has 102 valence electrons. The molecular weight excluding hydrogens is 246 g/mol. The topological polar surface area (TPSA) is 109 Å². The van der Waals surface area contributed by atoms with Gasteiger partial charge in [0, 0.05) is 25.2 Å². The number of nitrogen functional groups attached to an aromatic ring is 1. The number of aromatic nitrogens is 1. The molecular formula is C12H17N5O2. The maximum absolute atomic E-state index is 11.7. The number of amides is 2. The van der Waals surface area contributed by atoms with Gasteiger partial charge in [-0.25, -0.2) is 0 Å². The first kappa shape index (κ1) is 13.3. The predicted molar refractivity (Wildman–Crippen MR) is 70.1 cm³/mol. The van der Waals surface area contributed by atoms with Gasteiger partial charge in [-0.05, 0) is 25.0 Å². The number of hydrogen-bond donors (Lipinski definition) is 4. The number of nitrogens with one attached hydrogen (secondary N) is 3. The normalized spacial score (nSPS) is 13.7. The molecule has 1 aromatic heterocycles. The van der Waals surface area contributed by atoms with E-state index in [9.17, 15) is 9.59 Å². The highest BCUT2D eigenvalue weighted by Crippen LogP contribution is 2.28. The van der Waals surface area contributed by atoms with Crippen molar-refractivity contribution in [2.45, 2.75) is 12.8 Å². The molecule has 5 N–H and O–H groups in total. The second-order valence-corrected chi connectivity index (χ2v) is 4.40. The van der Waals surface area contributed by atoms with Gasteiger partial charge in [0.25, 0.3) is 5.91 Å². The highest BCUT2D eigenvalue weighted by Gasteiger charge is 2.28. The van der Waals surface area contributed by atoms with E-state index in [2.05, 4.69) is 21.0 Å². The van der Waals surface area contributed by atoms with Crippen LogP contribution in [-0.4, -0.2) is 29.9 Å². The van der Waals surface area contributed by atoms with Crippen LogP contribution in [0.3, 0.4) is 0 Å². The van der Waals surface area contributed by atoms with E-state index in [1.54, 1.807) is 12.1 Å². The first-order valence-corrected chi connectivity index (χ1v) is 6.19. The van der Waals surface area contributed by atoms with Gasteiger partial charge in [0.15, 0.2) is 0 Å². The summed E-state index contributed by atoms with van der Waals surface area (Å²) in [5.41, 5.74) is 3.34. The van der Waals surface area contributed by atoms with Crippen LogP contribution in [0.15, 0.2) is 18.3 Å². The zero-order valence-corrected chi connectivity index (χ0v) is 10.5. The van der Waals surface area contributed by atoms with Crippen molar-refractivity contribution in [2.24, 2.45) is 11.8 Å². The number of pyridine rings is 1. The molecule has 1 aromatic rings. The Bertz CT molecular complexity index is 473. The Hall–Kier alpha value is -2.15. The molecule has 1 saturated carbocycles. The lowest BCUT2D eigenvalue weighted by molar-refractivity contribution is -0.122. The van der Waals surface area contributed by atoms with Crippen LogP contribution in [-0.2, 0) is 4.79 Å². The van der Waals surface area contributed by atoms with Gasteiger partial charge in [0.2, 0.25) is 5.91 Å². The van der Waals surface area contributed by atoms with Crippen molar-refractivity contribution < 1.29 is 9.59 Å². The van der Waals surface area contributed by atoms with Crippen molar-refractivity contribution in [2.75, 3.05) is 18.5 Å². The third-order valence-corrected chi connectivity index (χ3v) is 2.82. The molecule has 0 unspecified atom stereocenters. The van der Waals surface area contributed by atoms with Crippen LogP contribution in [0.25, 0.3) is 0 Å². The molecule has 1 heterocycles. The fourth-order valence-corrected chi connectivity index (χ4v) is 1.59. The molecule has 1 fully saturated rings. The summed E-state index contributed by atoms with van der Waals surface area (Å²) in [4.78, 5) is 27.0. The standard InChI is InChI=1S/C12H17N5O2/c13-17-9-3-4-14-10(7-9)12(19)16-6-5-15-11(18)8-1-2-8/h3-4,7-8H,1-2,5-6,13H2,(H,14,17)(H,15,18)(H,16,19). The second-order valence-electron chi connectivity index (χ2n) is 4.40. The smallest absolute Gasteiger partial charge is 0.270 e. The van der Waals surface area contributed by atoms with E-state index in [0.717, 1.165) is 12.8 Å². The first-order chi connectivity index (χ1) is 9.20. The summed E-state index contributed by atoms with van der Waals surface area (Å²) in [6.45, 7) is 0.801. The summed E-state index contributed by atoms with van der Waals surface area (Å²) in [7, 11) is 0. The molecule has 0 aromatic carbocycles. The van der Waals surface area contributed by atoms with Crippen molar-refractivity contribution in [1.82, 2.24) is 15.6 Å². The molecule has 0 saturated heterocycles. The number of hydrogen-bond acceptors (Lipinski definition) is 5. The lowest BCUT2D eigenvalue weighted by atomic mass is 10.3. The molecule has 7 heteroatoms. The predicted octanol–water partition coefficient (Wildman–Crippen LogP) is -0.377. The van der Waals surface area contributed by atoms with Crippen LogP contribution < -0.4 is 21.9 Å². The summed E-state index contributed by atoms with van der Waals surface area (Å²) < 4.78 is 0. The average Bonchev–Trinajstić information content (AvgIpc) is 3.27. The molecule has 2 rings (SSSR count). The third kappa shape index (κ3) is 3.92. The minimum absolute atomic E-state index is 0.0710. The highest BCUT2D eigenvalue weighted by molar-refractivity contribution is 5.93. The lowest BCUT2D eigenvalue weighted by Gasteiger charge is -2.07. The number of rotatable bonds is 6. The average molecular weight is 263 g/mol. The van der Waals surface area contributed by atoms with E-state index in [4.69, 9.17) is 5.84 Å². The van der Waals surface area contributed by atoms with E-state index in [-0.39, 0.29) is 23.4 Å². The van der Waals surface area contributed by atoms with E-state index < -0.39 is 0 Å². The zero-order chi connectivity index (χ0) is 13.7. The van der Waals surface area contributed by atoms with E-state index in [1.807, 2.05) is 0 Å². The van der Waals surface area contributed by atoms with Gasteiger partial charge in [-0.2, -0.15) is 0 Å². The van der Waals surface area contributed by atoms with Crippen LogP contribution in [0.1, 0.15) is 23.3 Å². The van der Waals surface area contributed by atoms with Gasteiger partial charge < -0.3 is 16.1 Å². The van der Waals surface area contributed by atoms with E-state index in [1.165, 1.54) is 6.20 Å². The maximum Gasteiger partial charge on any atom is 0.270 e. The molecule has 19 heavy (non-hydrogen) atoms. The molecule has 0 bridgehead atoms. The summed E-state index contributed by atoms with van der Waals surface area (Å²) in [6, 6.07) is 3.21. The fraction of sp³-hybridized carbons (Fsp3) is 0.417. The summed E-state index contributed by atoms with van der Waals surface area (Å²) >= 11 is 0. The number of nitrogens with zero attached hydrogens (tertiary/aromatic N) is 1. The SMILES string of the molecule is NNc1ccnc(C(=O)NCCNC(=O)C2CC2)c1. The van der Waals surface area contributed by atoms with Crippen molar-refractivity contribution >= 4 is 17.5 Å². The maximum atomic E-state index is 11.7. The minimum atomic E-state index is -0.294. The van der Waals surface area contributed by atoms with Crippen molar-refractivity contribution in [3.63, 3.8) is 0 Å². The fourth-order valence-electron chi connectivity index (χ4n) is 1.59. The van der Waals surface area contributed by atoms with Crippen molar-refractivity contribution in [3.8, 4) is 0 Å². The molecule has 7 nitrogen and oxygen atoms in total. The number of carbonyl (C=O) groups excluding carboxylic acids is 2. The molecule has 1 aliphatic rings. The largest absolute Gasteiger partial charge is 0.354 e. The third-order valence-electron chi connectivity index (χ3n) is 2.82. The molecule has 0 atom stereocenters. The summed E-state index contributed by atoms with van der Waals surface area (Å²) in [6.07, 6.45) is 3.45. The number of nitrogens with two attached hydrogens (primary N) is 1. The summed E-state index contributed by atoms with van der Waals surface area (Å²) in [5, 5.41) is 5.45.